The number of carbonyl (C=O) groups is 1. The van der Waals surface area contributed by atoms with E-state index in [2.05, 4.69) is 16.4 Å². The summed E-state index contributed by atoms with van der Waals surface area (Å²) in [6.45, 7) is 0.391. The van der Waals surface area contributed by atoms with Crippen LogP contribution in [0.5, 0.6) is 0 Å². The first-order chi connectivity index (χ1) is 13.4. The van der Waals surface area contributed by atoms with Crippen LogP contribution in [0.3, 0.4) is 0 Å². The predicted molar refractivity (Wildman–Crippen MR) is 98.3 cm³/mol. The maximum absolute atomic E-state index is 13.3. The second-order valence-electron chi connectivity index (χ2n) is 6.85. The van der Waals surface area contributed by atoms with Crippen molar-refractivity contribution in [3.8, 4) is 0 Å². The Labute approximate surface area is 164 Å². The summed E-state index contributed by atoms with van der Waals surface area (Å²) in [4.78, 5) is 14.9. The van der Waals surface area contributed by atoms with Gasteiger partial charge in [-0.15, -0.1) is 0 Å². The molecule has 4 rings (SSSR count). The maximum Gasteiger partial charge on any atom is 0.417 e. The van der Waals surface area contributed by atoms with Crippen molar-refractivity contribution in [2.45, 2.75) is 30.7 Å². The topological polar surface area (TPSA) is 56.4 Å². The first-order valence-corrected chi connectivity index (χ1v) is 9.23. The molecule has 28 heavy (non-hydrogen) atoms. The number of hydrogen-bond donors (Lipinski definition) is 3. The quantitative estimate of drug-likeness (QED) is 0.711. The average molecular weight is 411 g/mol. The molecule has 0 bridgehead atoms. The van der Waals surface area contributed by atoms with Crippen LogP contribution in [-0.4, -0.2) is 29.4 Å². The standard InChI is InChI=1S/C19H18ClF3N4O/c20-15-12(7-4-8-13(15)19(21,22)23)18(28)27-10-9-14-16(25-26-24-14)17(27)11-5-2-1-3-6-11/h1-8,14,16-17,24-26H,9-10H2. The number of halogens is 4. The molecule has 2 aromatic rings. The summed E-state index contributed by atoms with van der Waals surface area (Å²) >= 11 is 6.00. The molecule has 2 fully saturated rings. The van der Waals surface area contributed by atoms with E-state index in [9.17, 15) is 18.0 Å². The van der Waals surface area contributed by atoms with Crippen LogP contribution >= 0.6 is 11.6 Å². The normalized spacial score (nSPS) is 24.9. The van der Waals surface area contributed by atoms with Crippen molar-refractivity contribution in [1.82, 2.24) is 21.3 Å². The molecule has 0 radical (unpaired) electrons. The number of likely N-dealkylation sites (tertiary alicyclic amines) is 1. The molecule has 2 heterocycles. The highest BCUT2D eigenvalue weighted by Gasteiger charge is 2.44. The minimum atomic E-state index is -4.62. The van der Waals surface area contributed by atoms with Crippen molar-refractivity contribution in [3.63, 3.8) is 0 Å². The summed E-state index contributed by atoms with van der Waals surface area (Å²) < 4.78 is 39.6. The summed E-state index contributed by atoms with van der Waals surface area (Å²) in [5.41, 5.74) is 8.89. The third-order valence-corrected chi connectivity index (χ3v) is 5.63. The predicted octanol–water partition coefficient (Wildman–Crippen LogP) is 3.30. The molecule has 9 heteroatoms. The maximum atomic E-state index is 13.3. The van der Waals surface area contributed by atoms with E-state index in [0.29, 0.717) is 13.0 Å². The molecule has 0 aliphatic carbocycles. The van der Waals surface area contributed by atoms with Gasteiger partial charge in [0.25, 0.3) is 5.91 Å². The number of rotatable bonds is 2. The van der Waals surface area contributed by atoms with Gasteiger partial charge in [-0.05, 0) is 24.1 Å². The largest absolute Gasteiger partial charge is 0.417 e. The van der Waals surface area contributed by atoms with E-state index >= 15 is 0 Å². The molecular weight excluding hydrogens is 393 g/mol. The van der Waals surface area contributed by atoms with E-state index in [1.807, 2.05) is 30.3 Å². The third-order valence-electron chi connectivity index (χ3n) is 5.22. The van der Waals surface area contributed by atoms with Crippen LogP contribution in [0, 0.1) is 0 Å². The number of benzene rings is 2. The zero-order valence-electron chi connectivity index (χ0n) is 14.6. The minimum Gasteiger partial charge on any atom is -0.330 e. The van der Waals surface area contributed by atoms with Gasteiger partial charge < -0.3 is 4.90 Å². The molecule has 1 amide bonds. The number of nitrogens with one attached hydrogen (secondary N) is 3. The van der Waals surface area contributed by atoms with E-state index in [4.69, 9.17) is 11.6 Å². The zero-order valence-corrected chi connectivity index (χ0v) is 15.4. The van der Waals surface area contributed by atoms with Crippen molar-refractivity contribution in [2.24, 2.45) is 0 Å². The number of amides is 1. The SMILES string of the molecule is O=C(c1cccc(C(F)(F)F)c1Cl)N1CCC2NNNC2C1c1ccccc1. The van der Waals surface area contributed by atoms with Gasteiger partial charge in [-0.2, -0.15) is 18.7 Å². The second kappa shape index (κ2) is 7.36. The summed E-state index contributed by atoms with van der Waals surface area (Å²) in [5, 5.41) is -0.565. The number of carbonyl (C=O) groups excluding carboxylic acids is 1. The Hall–Kier alpha value is -2.13. The number of piperidine rings is 1. The monoisotopic (exact) mass is 410 g/mol. The fourth-order valence-corrected chi connectivity index (χ4v) is 4.22. The molecule has 3 unspecified atom stereocenters. The highest BCUT2D eigenvalue weighted by molar-refractivity contribution is 6.34. The average Bonchev–Trinajstić information content (AvgIpc) is 3.15. The van der Waals surface area contributed by atoms with Crippen molar-refractivity contribution in [3.05, 3.63) is 70.2 Å². The molecule has 2 aromatic carbocycles. The van der Waals surface area contributed by atoms with Gasteiger partial charge in [-0.25, -0.2) is 10.9 Å². The minimum absolute atomic E-state index is 0.0891. The fourth-order valence-electron chi connectivity index (χ4n) is 3.91. The van der Waals surface area contributed by atoms with Crippen molar-refractivity contribution >= 4 is 17.5 Å². The third kappa shape index (κ3) is 3.37. The summed E-state index contributed by atoms with van der Waals surface area (Å²) in [5.74, 6) is -0.517. The van der Waals surface area contributed by atoms with Crippen molar-refractivity contribution in [2.75, 3.05) is 6.54 Å². The highest BCUT2D eigenvalue weighted by atomic mass is 35.5. The Balaban J connectivity index is 1.74. The van der Waals surface area contributed by atoms with Gasteiger partial charge in [0.15, 0.2) is 0 Å². The van der Waals surface area contributed by atoms with Gasteiger partial charge in [0.2, 0.25) is 0 Å². The van der Waals surface area contributed by atoms with E-state index in [1.165, 1.54) is 12.1 Å². The molecule has 2 saturated heterocycles. The first kappa shape index (κ1) is 19.2. The Bertz CT molecular complexity index is 877. The number of alkyl halides is 3. The van der Waals surface area contributed by atoms with E-state index in [0.717, 1.165) is 11.6 Å². The molecule has 0 spiro atoms. The lowest BCUT2D eigenvalue weighted by Gasteiger charge is -2.42. The van der Waals surface area contributed by atoms with Crippen LogP contribution in [0.4, 0.5) is 13.2 Å². The molecule has 0 aromatic heterocycles. The Morgan fingerprint density at radius 1 is 1.07 bits per heavy atom. The molecular formula is C19H18ClF3N4O. The lowest BCUT2D eigenvalue weighted by Crippen LogP contribution is -2.54. The summed E-state index contributed by atoms with van der Waals surface area (Å²) in [6, 6.07) is 12.4. The van der Waals surface area contributed by atoms with Gasteiger partial charge in [0.05, 0.1) is 28.2 Å². The van der Waals surface area contributed by atoms with Crippen molar-refractivity contribution < 1.29 is 18.0 Å². The highest BCUT2D eigenvalue weighted by Crippen LogP contribution is 2.39. The van der Waals surface area contributed by atoms with E-state index in [1.54, 1.807) is 4.90 Å². The van der Waals surface area contributed by atoms with Crippen LogP contribution in [0.15, 0.2) is 48.5 Å². The molecule has 3 atom stereocenters. The summed E-state index contributed by atoms with van der Waals surface area (Å²) in [7, 11) is 0. The lowest BCUT2D eigenvalue weighted by molar-refractivity contribution is -0.137. The second-order valence-corrected chi connectivity index (χ2v) is 7.23. The molecule has 148 valence electrons. The zero-order chi connectivity index (χ0) is 19.9. The van der Waals surface area contributed by atoms with Crippen LogP contribution in [0.2, 0.25) is 5.02 Å². The lowest BCUT2D eigenvalue weighted by atomic mass is 9.87. The number of hydrazine groups is 2. The van der Waals surface area contributed by atoms with Gasteiger partial charge in [0.1, 0.15) is 0 Å². The molecule has 2 aliphatic heterocycles. The number of fused-ring (bicyclic) bond motifs is 1. The number of hydrogen-bond acceptors (Lipinski definition) is 4. The molecule has 3 N–H and O–H groups in total. The first-order valence-electron chi connectivity index (χ1n) is 8.85. The molecule has 5 nitrogen and oxygen atoms in total. The van der Waals surface area contributed by atoms with Gasteiger partial charge >= 0.3 is 6.18 Å². The Morgan fingerprint density at radius 2 is 1.82 bits per heavy atom. The van der Waals surface area contributed by atoms with Crippen LogP contribution in [-0.2, 0) is 6.18 Å². The van der Waals surface area contributed by atoms with Gasteiger partial charge in [0, 0.05) is 12.6 Å². The Kier molecular flexibility index (Phi) is 5.05. The van der Waals surface area contributed by atoms with E-state index in [-0.39, 0.29) is 23.7 Å². The van der Waals surface area contributed by atoms with Crippen LogP contribution < -0.4 is 16.4 Å². The van der Waals surface area contributed by atoms with Crippen LogP contribution in [0.25, 0.3) is 0 Å². The van der Waals surface area contributed by atoms with Gasteiger partial charge in [-0.1, -0.05) is 48.0 Å². The molecule has 0 saturated carbocycles. The Morgan fingerprint density at radius 3 is 2.54 bits per heavy atom. The van der Waals surface area contributed by atoms with Gasteiger partial charge in [-0.3, -0.25) is 4.79 Å². The van der Waals surface area contributed by atoms with E-state index < -0.39 is 22.7 Å². The van der Waals surface area contributed by atoms with Crippen LogP contribution in [0.1, 0.15) is 33.9 Å². The number of nitrogens with zero attached hydrogens (tertiary/aromatic N) is 1. The summed E-state index contributed by atoms with van der Waals surface area (Å²) in [6.07, 6.45) is -3.98. The molecule has 2 aliphatic rings. The fraction of sp³-hybridized carbons (Fsp3) is 0.316. The van der Waals surface area contributed by atoms with Crippen molar-refractivity contribution in [1.29, 1.82) is 0 Å². The smallest absolute Gasteiger partial charge is 0.330 e.